The van der Waals surface area contributed by atoms with Gasteiger partial charge in [0, 0.05) is 19.0 Å². The zero-order valence-corrected chi connectivity index (χ0v) is 20.8. The smallest absolute Gasteiger partial charge is 0.416 e. The van der Waals surface area contributed by atoms with Gasteiger partial charge in [-0.2, -0.15) is 13.2 Å². The van der Waals surface area contributed by atoms with Crippen molar-refractivity contribution in [1.82, 2.24) is 19.5 Å². The van der Waals surface area contributed by atoms with E-state index in [9.17, 15) is 18.0 Å². The van der Waals surface area contributed by atoms with Crippen LogP contribution in [-0.4, -0.2) is 38.7 Å². The predicted molar refractivity (Wildman–Crippen MR) is 141 cm³/mol. The number of halogens is 3. The van der Waals surface area contributed by atoms with Crippen LogP contribution in [0.4, 0.5) is 19.1 Å². The molecule has 0 amide bonds. The van der Waals surface area contributed by atoms with Gasteiger partial charge in [0.05, 0.1) is 40.1 Å². The van der Waals surface area contributed by atoms with E-state index >= 15 is 0 Å². The summed E-state index contributed by atoms with van der Waals surface area (Å²) in [4.78, 5) is 27.9. The summed E-state index contributed by atoms with van der Waals surface area (Å²) in [7, 11) is 0. The van der Waals surface area contributed by atoms with Gasteiger partial charge in [-0.1, -0.05) is 36.4 Å². The van der Waals surface area contributed by atoms with Gasteiger partial charge in [0.1, 0.15) is 6.61 Å². The van der Waals surface area contributed by atoms with Crippen molar-refractivity contribution in [3.8, 4) is 11.7 Å². The van der Waals surface area contributed by atoms with Gasteiger partial charge < -0.3 is 20.4 Å². The molecule has 3 N–H and O–H groups in total. The quantitative estimate of drug-likeness (QED) is 0.396. The Morgan fingerprint density at radius 2 is 1.95 bits per heavy atom. The van der Waals surface area contributed by atoms with Crippen LogP contribution in [0.25, 0.3) is 16.7 Å². The fourth-order valence-electron chi connectivity index (χ4n) is 4.80. The number of rotatable bonds is 5. The van der Waals surface area contributed by atoms with Gasteiger partial charge in [0.2, 0.25) is 5.95 Å². The lowest BCUT2D eigenvalue weighted by Gasteiger charge is -2.28. The molecule has 0 bridgehead atoms. The number of anilines is 1. The first-order valence-electron chi connectivity index (χ1n) is 12.5. The van der Waals surface area contributed by atoms with Crippen LogP contribution in [0.5, 0.6) is 6.01 Å². The minimum atomic E-state index is -4.45. The summed E-state index contributed by atoms with van der Waals surface area (Å²) in [5, 5.41) is 0. The lowest BCUT2D eigenvalue weighted by molar-refractivity contribution is -0.137. The van der Waals surface area contributed by atoms with Crippen molar-refractivity contribution < 1.29 is 17.9 Å². The normalized spacial score (nSPS) is 17.3. The molecule has 11 heteroatoms. The van der Waals surface area contributed by atoms with Crippen molar-refractivity contribution in [1.29, 1.82) is 0 Å². The summed E-state index contributed by atoms with van der Waals surface area (Å²) >= 11 is 0. The van der Waals surface area contributed by atoms with Gasteiger partial charge >= 0.3 is 12.2 Å². The topological polar surface area (TPSA) is 102 Å². The maximum absolute atomic E-state index is 13.8. The molecule has 2 aromatic heterocycles. The fourth-order valence-corrected chi connectivity index (χ4v) is 4.80. The number of aromatic amines is 1. The molecule has 200 valence electrons. The van der Waals surface area contributed by atoms with Gasteiger partial charge in [0.25, 0.3) is 5.56 Å². The van der Waals surface area contributed by atoms with Gasteiger partial charge in [-0.25, -0.2) is 14.5 Å². The van der Waals surface area contributed by atoms with Crippen molar-refractivity contribution in [2.75, 3.05) is 18.1 Å². The highest BCUT2D eigenvalue weighted by Crippen LogP contribution is 2.32. The van der Waals surface area contributed by atoms with E-state index < -0.39 is 11.7 Å². The number of benzene rings is 2. The molecule has 0 radical (unpaired) electrons. The molecule has 0 saturated heterocycles. The van der Waals surface area contributed by atoms with Crippen molar-refractivity contribution in [3.63, 3.8) is 0 Å². The molecule has 1 atom stereocenters. The average Bonchev–Trinajstić information content (AvgIpc) is 3.36. The summed E-state index contributed by atoms with van der Waals surface area (Å²) < 4.78 is 47.0. The second-order valence-electron chi connectivity index (χ2n) is 9.58. The number of ether oxygens (including phenoxy) is 1. The molecule has 2 aromatic carbocycles. The number of nitrogens with two attached hydrogens (primary N) is 1. The van der Waals surface area contributed by atoms with Gasteiger partial charge in [-0.3, -0.25) is 4.79 Å². The highest BCUT2D eigenvalue weighted by molar-refractivity contribution is 5.78. The summed E-state index contributed by atoms with van der Waals surface area (Å²) in [5.41, 5.74) is 8.27. The van der Waals surface area contributed by atoms with Crippen LogP contribution in [0.2, 0.25) is 0 Å². The SMILES string of the molecule is NC1C=CC(COc2nc3c(c(=O)n2-c2ccccc2)CN(c2nc4ccc(C(F)(F)F)cc4[nH]2)CC3)=CC1. The molecule has 3 heterocycles. The molecule has 8 nitrogen and oxygen atoms in total. The Morgan fingerprint density at radius 3 is 2.69 bits per heavy atom. The Morgan fingerprint density at radius 1 is 1.13 bits per heavy atom. The third-order valence-corrected chi connectivity index (χ3v) is 6.89. The Balaban J connectivity index is 1.33. The van der Waals surface area contributed by atoms with Crippen molar-refractivity contribution >= 4 is 17.0 Å². The predicted octanol–water partition coefficient (Wildman–Crippen LogP) is 4.28. The summed E-state index contributed by atoms with van der Waals surface area (Å²) in [6.45, 7) is 0.921. The Bertz CT molecular complexity index is 1660. The number of hydrogen-bond acceptors (Lipinski definition) is 6. The zero-order valence-electron chi connectivity index (χ0n) is 20.8. The third-order valence-electron chi connectivity index (χ3n) is 6.89. The molecular formula is C28H25F3N6O2. The molecule has 0 saturated carbocycles. The molecule has 0 spiro atoms. The van der Waals surface area contributed by atoms with E-state index in [1.165, 1.54) is 10.6 Å². The summed E-state index contributed by atoms with van der Waals surface area (Å²) in [6, 6.07) is 12.7. The molecule has 6 rings (SSSR count). The molecule has 39 heavy (non-hydrogen) atoms. The number of para-hydroxylation sites is 1. The number of nitrogens with one attached hydrogen (secondary N) is 1. The summed E-state index contributed by atoms with van der Waals surface area (Å²) in [6.07, 6.45) is 2.55. The largest absolute Gasteiger partial charge is 0.459 e. The Hall–Kier alpha value is -4.38. The standard InChI is InChI=1S/C28H25F3N6O2/c29-28(30,31)18-8-11-23-24(14-18)34-26(33-23)36-13-12-22-21(15-36)25(38)37(20-4-2-1-3-5-20)27(35-22)39-16-17-6-9-19(32)10-7-17/h1-9,11,14,19H,10,12-13,15-16,32H2,(H,33,34). The lowest BCUT2D eigenvalue weighted by atomic mass is 10.0. The number of H-pyrrole nitrogens is 1. The van der Waals surface area contributed by atoms with Crippen molar-refractivity contribution in [3.05, 3.63) is 99.5 Å². The number of hydrogen-bond donors (Lipinski definition) is 2. The maximum atomic E-state index is 13.8. The van der Waals surface area contributed by atoms with Gasteiger partial charge in [-0.05, 0) is 42.3 Å². The number of aromatic nitrogens is 4. The fraction of sp³-hybridized carbons (Fsp3) is 0.250. The highest BCUT2D eigenvalue weighted by atomic mass is 19.4. The summed E-state index contributed by atoms with van der Waals surface area (Å²) in [5.74, 6) is 0.398. The maximum Gasteiger partial charge on any atom is 0.416 e. The van der Waals surface area contributed by atoms with E-state index in [0.717, 1.165) is 17.7 Å². The second-order valence-corrected chi connectivity index (χ2v) is 9.58. The van der Waals surface area contributed by atoms with Gasteiger partial charge in [0.15, 0.2) is 0 Å². The molecule has 1 unspecified atom stereocenters. The highest BCUT2D eigenvalue weighted by Gasteiger charge is 2.31. The zero-order chi connectivity index (χ0) is 27.1. The van der Waals surface area contributed by atoms with E-state index in [1.54, 1.807) is 12.1 Å². The number of imidazole rings is 1. The number of nitrogens with zero attached hydrogens (tertiary/aromatic N) is 4. The molecule has 1 aliphatic heterocycles. The van der Waals surface area contributed by atoms with Crippen LogP contribution in [0.1, 0.15) is 23.2 Å². The number of fused-ring (bicyclic) bond motifs is 2. The Kier molecular flexibility index (Phi) is 6.22. The first kappa shape index (κ1) is 24.9. The third kappa shape index (κ3) is 4.92. The molecule has 0 fully saturated rings. The van der Waals surface area contributed by atoms with E-state index in [4.69, 9.17) is 15.5 Å². The van der Waals surface area contributed by atoms with Crippen LogP contribution in [0.3, 0.4) is 0 Å². The minimum Gasteiger partial charge on any atom is -0.459 e. The van der Waals surface area contributed by atoms with Crippen molar-refractivity contribution in [2.45, 2.75) is 31.6 Å². The molecule has 4 aromatic rings. The van der Waals surface area contributed by atoms with E-state index in [2.05, 4.69) is 9.97 Å². The van der Waals surface area contributed by atoms with E-state index in [0.29, 0.717) is 47.8 Å². The monoisotopic (exact) mass is 534 g/mol. The lowest BCUT2D eigenvalue weighted by Crippen LogP contribution is -2.38. The molecule has 1 aliphatic carbocycles. The van der Waals surface area contributed by atoms with Crippen LogP contribution in [0.15, 0.2) is 77.1 Å². The first-order valence-corrected chi connectivity index (χ1v) is 12.5. The second kappa shape index (κ2) is 9.73. The first-order chi connectivity index (χ1) is 18.8. The molecular weight excluding hydrogens is 509 g/mol. The van der Waals surface area contributed by atoms with Crippen LogP contribution < -0.4 is 20.9 Å². The van der Waals surface area contributed by atoms with Crippen LogP contribution in [-0.2, 0) is 19.1 Å². The average molecular weight is 535 g/mol. The molecule has 2 aliphatic rings. The van der Waals surface area contributed by atoms with Crippen LogP contribution >= 0.6 is 0 Å². The van der Waals surface area contributed by atoms with Crippen LogP contribution in [0, 0.1) is 0 Å². The van der Waals surface area contributed by atoms with Gasteiger partial charge in [-0.15, -0.1) is 0 Å². The number of alkyl halides is 3. The minimum absolute atomic E-state index is 0.0143. The van der Waals surface area contributed by atoms with Crippen molar-refractivity contribution in [2.24, 2.45) is 5.73 Å². The van der Waals surface area contributed by atoms with E-state index in [1.807, 2.05) is 41.3 Å². The Labute approximate surface area is 221 Å². The van der Waals surface area contributed by atoms with E-state index in [-0.39, 0.29) is 36.3 Å².